The molecule has 0 spiro atoms. The van der Waals surface area contributed by atoms with Gasteiger partial charge in [-0.3, -0.25) is 9.89 Å². The van der Waals surface area contributed by atoms with Crippen molar-refractivity contribution < 1.29 is 4.79 Å². The van der Waals surface area contributed by atoms with Crippen LogP contribution in [0.5, 0.6) is 0 Å². The number of aromatic nitrogens is 4. The second-order valence-electron chi connectivity index (χ2n) is 7.04. The van der Waals surface area contributed by atoms with Crippen molar-refractivity contribution in [1.29, 1.82) is 0 Å². The molecule has 132 valence electrons. The number of H-pyrrole nitrogens is 1. The lowest BCUT2D eigenvalue weighted by atomic mass is 9.94. The lowest BCUT2D eigenvalue weighted by molar-refractivity contribution is 0.0698. The van der Waals surface area contributed by atoms with Gasteiger partial charge in [-0.1, -0.05) is 0 Å². The summed E-state index contributed by atoms with van der Waals surface area (Å²) >= 11 is 0. The number of piperidine rings is 1. The summed E-state index contributed by atoms with van der Waals surface area (Å²) in [6.07, 6.45) is 4.45. The van der Waals surface area contributed by atoms with E-state index in [1.165, 1.54) is 12.8 Å². The van der Waals surface area contributed by atoms with Crippen LogP contribution in [0.2, 0.25) is 0 Å². The van der Waals surface area contributed by atoms with Crippen LogP contribution in [-0.4, -0.2) is 57.4 Å². The lowest BCUT2D eigenvalue weighted by Crippen LogP contribution is -2.39. The molecule has 0 saturated carbocycles. The Morgan fingerprint density at radius 2 is 2.00 bits per heavy atom. The van der Waals surface area contributed by atoms with Gasteiger partial charge in [-0.15, -0.1) is 10.2 Å². The number of carbonyl (C=O) groups excluding carboxylic acids is 1. The maximum Gasteiger partial charge on any atom is 0.274 e. The third kappa shape index (κ3) is 3.36. The molecule has 1 atom stereocenters. The molecule has 1 amide bonds. The molecule has 2 aromatic rings. The highest BCUT2D eigenvalue weighted by atomic mass is 16.2. The highest BCUT2D eigenvalue weighted by Gasteiger charge is 2.27. The van der Waals surface area contributed by atoms with Crippen molar-refractivity contribution in [3.05, 3.63) is 35.3 Å². The third-order valence-electron chi connectivity index (χ3n) is 5.15. The molecule has 0 aliphatic carbocycles. The maximum absolute atomic E-state index is 12.8. The quantitative estimate of drug-likeness (QED) is 0.926. The Bertz CT molecular complexity index is 734. The molecular formula is C18H24N6O. The minimum atomic E-state index is -0.0302. The van der Waals surface area contributed by atoms with Crippen LogP contribution in [0.25, 0.3) is 0 Å². The predicted molar refractivity (Wildman–Crippen MR) is 94.7 cm³/mol. The smallest absolute Gasteiger partial charge is 0.274 e. The number of rotatable bonds is 3. The van der Waals surface area contributed by atoms with Crippen LogP contribution in [0.1, 0.15) is 53.5 Å². The van der Waals surface area contributed by atoms with Gasteiger partial charge < -0.3 is 9.80 Å². The van der Waals surface area contributed by atoms with Gasteiger partial charge in [0.15, 0.2) is 11.5 Å². The summed E-state index contributed by atoms with van der Waals surface area (Å²) < 4.78 is 0. The van der Waals surface area contributed by atoms with Crippen molar-refractivity contribution in [3.63, 3.8) is 0 Å². The molecule has 2 aliphatic heterocycles. The normalized spacial score (nSPS) is 20.9. The summed E-state index contributed by atoms with van der Waals surface area (Å²) in [5, 5.41) is 15.8. The summed E-state index contributed by atoms with van der Waals surface area (Å²) in [7, 11) is 0. The Morgan fingerprint density at radius 1 is 1.16 bits per heavy atom. The number of nitrogens with zero attached hydrogens (tertiary/aromatic N) is 5. The Balaban J connectivity index is 1.44. The van der Waals surface area contributed by atoms with Crippen molar-refractivity contribution >= 4 is 11.7 Å². The first kappa shape index (κ1) is 16.1. The van der Waals surface area contributed by atoms with Crippen molar-refractivity contribution in [3.8, 4) is 0 Å². The zero-order valence-corrected chi connectivity index (χ0v) is 14.6. The summed E-state index contributed by atoms with van der Waals surface area (Å²) in [6.45, 7) is 5.52. The molecule has 2 fully saturated rings. The fourth-order valence-corrected chi connectivity index (χ4v) is 3.77. The lowest BCUT2D eigenvalue weighted by Gasteiger charge is -2.31. The number of amides is 1. The third-order valence-corrected chi connectivity index (χ3v) is 5.15. The fourth-order valence-electron chi connectivity index (χ4n) is 3.77. The summed E-state index contributed by atoms with van der Waals surface area (Å²) in [6, 6.07) is 5.80. The zero-order chi connectivity index (χ0) is 17.2. The molecule has 0 aromatic carbocycles. The summed E-state index contributed by atoms with van der Waals surface area (Å²) in [5.74, 6) is 1.13. The highest BCUT2D eigenvalue weighted by Crippen LogP contribution is 2.27. The average molecular weight is 340 g/mol. The van der Waals surface area contributed by atoms with Crippen molar-refractivity contribution in [2.45, 2.75) is 38.5 Å². The average Bonchev–Trinajstić information content (AvgIpc) is 3.33. The highest BCUT2D eigenvalue weighted by molar-refractivity contribution is 5.92. The number of carbonyl (C=O) groups is 1. The van der Waals surface area contributed by atoms with Crippen molar-refractivity contribution in [1.82, 2.24) is 25.3 Å². The number of nitrogens with one attached hydrogen (secondary N) is 1. The number of anilines is 1. The molecule has 0 bridgehead atoms. The molecule has 7 heteroatoms. The van der Waals surface area contributed by atoms with Crippen LogP contribution in [-0.2, 0) is 0 Å². The van der Waals surface area contributed by atoms with E-state index in [0.29, 0.717) is 18.2 Å². The molecule has 2 saturated heterocycles. The van der Waals surface area contributed by atoms with E-state index in [1.54, 1.807) is 0 Å². The minimum absolute atomic E-state index is 0.0302. The van der Waals surface area contributed by atoms with E-state index >= 15 is 0 Å². The molecule has 25 heavy (non-hydrogen) atoms. The van der Waals surface area contributed by atoms with Gasteiger partial charge in [-0.05, 0) is 50.8 Å². The largest absolute Gasteiger partial charge is 0.355 e. The van der Waals surface area contributed by atoms with Gasteiger partial charge in [0.25, 0.3) is 5.91 Å². The van der Waals surface area contributed by atoms with Gasteiger partial charge in [-0.2, -0.15) is 5.10 Å². The second kappa shape index (κ2) is 6.82. The Kier molecular flexibility index (Phi) is 4.38. The number of aryl methyl sites for hydroxylation is 1. The Hall–Kier alpha value is -2.44. The van der Waals surface area contributed by atoms with Crippen LogP contribution < -0.4 is 4.90 Å². The molecule has 7 nitrogen and oxygen atoms in total. The monoisotopic (exact) mass is 340 g/mol. The van der Waals surface area contributed by atoms with Crippen LogP contribution in [0.3, 0.4) is 0 Å². The molecule has 4 rings (SSSR count). The van der Waals surface area contributed by atoms with Gasteiger partial charge in [-0.25, -0.2) is 0 Å². The standard InChI is InChI=1S/C18H24N6O/c1-13-11-16(21-19-13)14-5-4-10-24(12-14)18(25)15-6-7-17(22-20-15)23-8-2-3-9-23/h6-7,11,14H,2-5,8-10,12H2,1H3,(H,19,21). The van der Waals surface area contributed by atoms with Crippen LogP contribution in [0, 0.1) is 6.92 Å². The first-order valence-corrected chi connectivity index (χ1v) is 9.10. The van der Waals surface area contributed by atoms with Gasteiger partial charge >= 0.3 is 0 Å². The van der Waals surface area contributed by atoms with E-state index in [-0.39, 0.29) is 5.91 Å². The number of hydrogen-bond donors (Lipinski definition) is 1. The van der Waals surface area contributed by atoms with E-state index in [1.807, 2.05) is 24.0 Å². The van der Waals surface area contributed by atoms with Crippen LogP contribution in [0.15, 0.2) is 18.2 Å². The van der Waals surface area contributed by atoms with Gasteiger partial charge in [0.2, 0.25) is 0 Å². The van der Waals surface area contributed by atoms with Gasteiger partial charge in [0.1, 0.15) is 0 Å². The molecule has 2 aliphatic rings. The number of aromatic amines is 1. The van der Waals surface area contributed by atoms with Gasteiger partial charge in [0, 0.05) is 37.8 Å². The Morgan fingerprint density at radius 3 is 2.68 bits per heavy atom. The first-order valence-electron chi connectivity index (χ1n) is 9.10. The second-order valence-corrected chi connectivity index (χ2v) is 7.04. The summed E-state index contributed by atoms with van der Waals surface area (Å²) in [5.41, 5.74) is 2.54. The van der Waals surface area contributed by atoms with E-state index in [2.05, 4.69) is 31.4 Å². The number of hydrogen-bond acceptors (Lipinski definition) is 5. The van der Waals surface area contributed by atoms with Crippen LogP contribution in [0.4, 0.5) is 5.82 Å². The van der Waals surface area contributed by atoms with E-state index in [9.17, 15) is 4.79 Å². The van der Waals surface area contributed by atoms with E-state index in [0.717, 1.165) is 49.7 Å². The fraction of sp³-hybridized carbons (Fsp3) is 0.556. The molecule has 1 unspecified atom stereocenters. The Labute approximate surface area is 147 Å². The summed E-state index contributed by atoms with van der Waals surface area (Å²) in [4.78, 5) is 16.9. The molecule has 2 aromatic heterocycles. The molecule has 4 heterocycles. The first-order chi connectivity index (χ1) is 12.2. The van der Waals surface area contributed by atoms with Crippen molar-refractivity contribution in [2.24, 2.45) is 0 Å². The minimum Gasteiger partial charge on any atom is -0.355 e. The SMILES string of the molecule is Cc1cc(C2CCCN(C(=O)c3ccc(N4CCCC4)nn3)C2)n[nH]1. The predicted octanol–water partition coefficient (Wildman–Crippen LogP) is 2.13. The van der Waals surface area contributed by atoms with Gasteiger partial charge in [0.05, 0.1) is 5.69 Å². The van der Waals surface area contributed by atoms with Crippen LogP contribution >= 0.6 is 0 Å². The molecule has 0 radical (unpaired) electrons. The van der Waals surface area contributed by atoms with E-state index in [4.69, 9.17) is 0 Å². The number of likely N-dealkylation sites (tertiary alicyclic amines) is 1. The van der Waals surface area contributed by atoms with E-state index < -0.39 is 0 Å². The topological polar surface area (TPSA) is 78.0 Å². The maximum atomic E-state index is 12.8. The zero-order valence-electron chi connectivity index (χ0n) is 14.6. The molecular weight excluding hydrogens is 316 g/mol. The van der Waals surface area contributed by atoms with Crippen molar-refractivity contribution in [2.75, 3.05) is 31.1 Å². The molecule has 1 N–H and O–H groups in total.